The molecule has 0 aliphatic heterocycles. The van der Waals surface area contributed by atoms with E-state index in [1.54, 1.807) is 23.5 Å². The number of benzene rings is 1. The number of hydrogen-bond acceptors (Lipinski definition) is 8. The van der Waals surface area contributed by atoms with E-state index in [0.29, 0.717) is 22.3 Å². The Kier molecular flexibility index (Phi) is 8.07. The van der Waals surface area contributed by atoms with Gasteiger partial charge in [-0.15, -0.1) is 39.4 Å². The van der Waals surface area contributed by atoms with Gasteiger partial charge in [0.2, 0.25) is 5.91 Å². The van der Waals surface area contributed by atoms with Crippen molar-refractivity contribution >= 4 is 51.3 Å². The fourth-order valence-electron chi connectivity index (χ4n) is 3.75. The third-order valence-corrected chi connectivity index (χ3v) is 8.27. The van der Waals surface area contributed by atoms with E-state index in [0.717, 1.165) is 27.4 Å². The van der Waals surface area contributed by atoms with E-state index in [1.807, 2.05) is 11.5 Å². The van der Waals surface area contributed by atoms with Crippen molar-refractivity contribution in [2.45, 2.75) is 32.5 Å². The minimum absolute atomic E-state index is 0.111. The second-order valence-corrected chi connectivity index (χ2v) is 11.4. The van der Waals surface area contributed by atoms with Gasteiger partial charge in [-0.25, -0.2) is 4.79 Å². The van der Waals surface area contributed by atoms with Crippen LogP contribution in [-0.4, -0.2) is 39.5 Å². The van der Waals surface area contributed by atoms with Gasteiger partial charge in [0.1, 0.15) is 5.00 Å². The van der Waals surface area contributed by atoms with Crippen LogP contribution in [0.3, 0.4) is 0 Å². The first-order chi connectivity index (χ1) is 17.3. The van der Waals surface area contributed by atoms with Crippen LogP contribution in [0.1, 0.15) is 25.7 Å². The zero-order valence-corrected chi connectivity index (χ0v) is 22.9. The number of ether oxygens (including phenoxy) is 1. The number of thiophene rings is 2. The lowest BCUT2D eigenvalue weighted by Crippen LogP contribution is -2.16. The summed E-state index contributed by atoms with van der Waals surface area (Å²) in [5, 5.41) is 14.9. The zero-order chi connectivity index (χ0) is 25.8. The number of rotatable bonds is 9. The van der Waals surface area contributed by atoms with Gasteiger partial charge in [0.05, 0.1) is 18.4 Å². The molecule has 1 aromatic carbocycles. The standard InChI is InChI=1S/C26H26N4O3S3/c1-6-11-30-23(20-13-34-17(4)22(20)18-9-7-15(2)8-10-18)28-29-26(30)35-14-21(31)27-24-19(25(32)33-5)12-16(3)36-24/h6-10,12-13H,1,11,14H2,2-5H3,(H,27,31). The number of anilines is 1. The fourth-order valence-corrected chi connectivity index (χ4v) is 6.28. The number of carbonyl (C=O) groups excluding carboxylic acids is 2. The van der Waals surface area contributed by atoms with E-state index in [1.165, 1.54) is 40.6 Å². The minimum atomic E-state index is -0.479. The van der Waals surface area contributed by atoms with Gasteiger partial charge >= 0.3 is 5.97 Å². The van der Waals surface area contributed by atoms with Crippen LogP contribution in [0.2, 0.25) is 0 Å². The van der Waals surface area contributed by atoms with E-state index in [-0.39, 0.29) is 11.7 Å². The molecule has 4 rings (SSSR count). The normalized spacial score (nSPS) is 10.9. The molecule has 0 bridgehead atoms. The summed E-state index contributed by atoms with van der Waals surface area (Å²) in [7, 11) is 1.32. The van der Waals surface area contributed by atoms with Crippen LogP contribution in [0.15, 0.2) is 53.5 Å². The predicted octanol–water partition coefficient (Wildman–Crippen LogP) is 6.36. The maximum absolute atomic E-state index is 12.7. The van der Waals surface area contributed by atoms with Crippen LogP contribution in [0.5, 0.6) is 0 Å². The van der Waals surface area contributed by atoms with Gasteiger partial charge in [-0.05, 0) is 32.4 Å². The maximum atomic E-state index is 12.7. The summed E-state index contributed by atoms with van der Waals surface area (Å²) in [6.45, 7) is 10.4. The number of aryl methyl sites for hydroxylation is 3. The predicted molar refractivity (Wildman–Crippen MR) is 148 cm³/mol. The van der Waals surface area contributed by atoms with Crippen molar-refractivity contribution < 1.29 is 14.3 Å². The molecule has 1 amide bonds. The van der Waals surface area contributed by atoms with E-state index in [9.17, 15) is 9.59 Å². The second-order valence-electron chi connectivity index (χ2n) is 8.08. The first kappa shape index (κ1) is 25.9. The molecule has 36 heavy (non-hydrogen) atoms. The van der Waals surface area contributed by atoms with E-state index < -0.39 is 5.97 Å². The van der Waals surface area contributed by atoms with Crippen LogP contribution in [0, 0.1) is 20.8 Å². The molecule has 0 aliphatic rings. The van der Waals surface area contributed by atoms with E-state index in [2.05, 4.69) is 65.6 Å². The molecule has 0 unspecified atom stereocenters. The summed E-state index contributed by atoms with van der Waals surface area (Å²) < 4.78 is 6.79. The highest BCUT2D eigenvalue weighted by Gasteiger charge is 2.22. The number of carbonyl (C=O) groups is 2. The Morgan fingerprint density at radius 3 is 2.64 bits per heavy atom. The highest BCUT2D eigenvalue weighted by Crippen LogP contribution is 2.39. The first-order valence-electron chi connectivity index (χ1n) is 11.1. The van der Waals surface area contributed by atoms with E-state index >= 15 is 0 Å². The van der Waals surface area contributed by atoms with Gasteiger partial charge in [0, 0.05) is 32.8 Å². The molecular formula is C26H26N4O3S3. The Morgan fingerprint density at radius 1 is 1.19 bits per heavy atom. The summed E-state index contributed by atoms with van der Waals surface area (Å²) in [5.41, 5.74) is 4.83. The molecule has 0 atom stereocenters. The smallest absolute Gasteiger partial charge is 0.340 e. The SMILES string of the molecule is C=CCn1c(SCC(=O)Nc2sc(C)cc2C(=O)OC)nnc1-c1csc(C)c1-c1ccc(C)cc1. The van der Waals surface area contributed by atoms with Crippen LogP contribution in [0.25, 0.3) is 22.5 Å². The number of allylic oxidation sites excluding steroid dienone is 1. The molecule has 0 aliphatic carbocycles. The zero-order valence-electron chi connectivity index (χ0n) is 20.5. The quantitative estimate of drug-likeness (QED) is 0.152. The van der Waals surface area contributed by atoms with Gasteiger partial charge in [0.15, 0.2) is 11.0 Å². The minimum Gasteiger partial charge on any atom is -0.465 e. The topological polar surface area (TPSA) is 86.1 Å². The monoisotopic (exact) mass is 538 g/mol. The number of nitrogens with zero attached hydrogens (tertiary/aromatic N) is 3. The Hall–Kier alpha value is -3.21. The van der Waals surface area contributed by atoms with Crippen molar-refractivity contribution in [1.29, 1.82) is 0 Å². The molecule has 0 radical (unpaired) electrons. The van der Waals surface area contributed by atoms with Crippen molar-refractivity contribution in [3.05, 3.63) is 69.2 Å². The summed E-state index contributed by atoms with van der Waals surface area (Å²) in [6.07, 6.45) is 1.79. The van der Waals surface area contributed by atoms with Gasteiger partial charge in [0.25, 0.3) is 0 Å². The first-order valence-corrected chi connectivity index (χ1v) is 13.8. The number of esters is 1. The largest absolute Gasteiger partial charge is 0.465 e. The van der Waals surface area contributed by atoms with Crippen LogP contribution in [-0.2, 0) is 16.1 Å². The highest BCUT2D eigenvalue weighted by atomic mass is 32.2. The van der Waals surface area contributed by atoms with Crippen molar-refractivity contribution in [2.75, 3.05) is 18.2 Å². The number of aromatic nitrogens is 3. The number of hydrogen-bond donors (Lipinski definition) is 1. The number of methoxy groups -OCH3 is 1. The third-order valence-electron chi connectivity index (χ3n) is 5.43. The number of thioether (sulfide) groups is 1. The van der Waals surface area contributed by atoms with Crippen molar-refractivity contribution in [3.63, 3.8) is 0 Å². The fraction of sp³-hybridized carbons (Fsp3) is 0.231. The van der Waals surface area contributed by atoms with Gasteiger partial charge in [-0.1, -0.05) is 47.7 Å². The van der Waals surface area contributed by atoms with E-state index in [4.69, 9.17) is 4.74 Å². The average molecular weight is 539 g/mol. The average Bonchev–Trinajstić information content (AvgIpc) is 3.54. The molecule has 4 aromatic rings. The molecule has 3 aromatic heterocycles. The molecule has 1 N–H and O–H groups in total. The molecule has 0 saturated heterocycles. The van der Waals surface area contributed by atoms with Crippen LogP contribution < -0.4 is 5.32 Å². The summed E-state index contributed by atoms with van der Waals surface area (Å²) in [6, 6.07) is 10.2. The Balaban J connectivity index is 1.57. The lowest BCUT2D eigenvalue weighted by molar-refractivity contribution is -0.113. The molecular weight excluding hydrogens is 513 g/mol. The Bertz CT molecular complexity index is 1420. The number of amides is 1. The Morgan fingerprint density at radius 2 is 1.94 bits per heavy atom. The van der Waals surface area contributed by atoms with Gasteiger partial charge in [-0.3, -0.25) is 9.36 Å². The summed E-state index contributed by atoms with van der Waals surface area (Å²) in [5.74, 6) is 0.126. The summed E-state index contributed by atoms with van der Waals surface area (Å²) >= 11 is 4.30. The van der Waals surface area contributed by atoms with Crippen LogP contribution >= 0.6 is 34.4 Å². The number of nitrogens with one attached hydrogen (secondary N) is 1. The van der Waals surface area contributed by atoms with Gasteiger partial charge in [-0.2, -0.15) is 0 Å². The van der Waals surface area contributed by atoms with Crippen molar-refractivity contribution in [3.8, 4) is 22.5 Å². The van der Waals surface area contributed by atoms with Crippen LogP contribution in [0.4, 0.5) is 5.00 Å². The maximum Gasteiger partial charge on any atom is 0.340 e. The lowest BCUT2D eigenvalue weighted by Gasteiger charge is -2.10. The Labute approximate surface area is 222 Å². The van der Waals surface area contributed by atoms with Gasteiger partial charge < -0.3 is 10.1 Å². The molecule has 7 nitrogen and oxygen atoms in total. The molecule has 0 saturated carbocycles. The molecule has 10 heteroatoms. The lowest BCUT2D eigenvalue weighted by atomic mass is 10.0. The molecule has 186 valence electrons. The van der Waals surface area contributed by atoms with Crippen molar-refractivity contribution in [1.82, 2.24) is 14.8 Å². The second kappa shape index (κ2) is 11.2. The highest BCUT2D eigenvalue weighted by molar-refractivity contribution is 7.99. The summed E-state index contributed by atoms with van der Waals surface area (Å²) in [4.78, 5) is 26.8. The van der Waals surface area contributed by atoms with Crippen molar-refractivity contribution in [2.24, 2.45) is 0 Å². The molecule has 3 heterocycles. The third kappa shape index (κ3) is 5.45. The molecule has 0 spiro atoms. The molecule has 0 fully saturated rings.